The lowest BCUT2D eigenvalue weighted by atomic mass is 10.3. The number of hydrogen-bond donors (Lipinski definition) is 1. The van der Waals surface area contributed by atoms with Crippen LogP contribution in [0.4, 0.5) is 0 Å². The molecular formula is C13H15N3O2S3. The first-order chi connectivity index (χ1) is 10.1. The van der Waals surface area contributed by atoms with E-state index in [1.54, 1.807) is 17.4 Å². The second kappa shape index (κ2) is 5.88. The zero-order chi connectivity index (χ0) is 14.9. The van der Waals surface area contributed by atoms with Crippen molar-refractivity contribution >= 4 is 37.7 Å². The lowest BCUT2D eigenvalue weighted by Crippen LogP contribution is -2.25. The lowest BCUT2D eigenvalue weighted by molar-refractivity contribution is 0.583. The molecule has 0 aliphatic heterocycles. The Balaban J connectivity index is 1.62. The van der Waals surface area contributed by atoms with Crippen molar-refractivity contribution in [3.8, 4) is 0 Å². The summed E-state index contributed by atoms with van der Waals surface area (Å²) in [5.41, 5.74) is 0.893. The molecule has 0 saturated carbocycles. The van der Waals surface area contributed by atoms with Crippen LogP contribution in [0.5, 0.6) is 0 Å². The maximum absolute atomic E-state index is 12.1. The Morgan fingerprint density at radius 1 is 1.38 bits per heavy atom. The summed E-state index contributed by atoms with van der Waals surface area (Å²) in [6.07, 6.45) is 5.31. The number of sulfonamides is 1. The Kier molecular flexibility index (Phi) is 4.12. The molecule has 0 aromatic carbocycles. The Morgan fingerprint density at radius 2 is 2.24 bits per heavy atom. The van der Waals surface area contributed by atoms with Crippen molar-refractivity contribution in [2.75, 3.05) is 6.54 Å². The first-order valence-corrected chi connectivity index (χ1v) is 9.76. The smallest absolute Gasteiger partial charge is 0.250 e. The Morgan fingerprint density at radius 3 is 2.95 bits per heavy atom. The Labute approximate surface area is 131 Å². The molecule has 0 radical (unpaired) electrons. The van der Waals surface area contributed by atoms with Crippen molar-refractivity contribution < 1.29 is 8.42 Å². The highest BCUT2D eigenvalue weighted by Crippen LogP contribution is 2.21. The van der Waals surface area contributed by atoms with Gasteiger partial charge in [0.1, 0.15) is 4.21 Å². The van der Waals surface area contributed by atoms with Gasteiger partial charge in [0.05, 0.1) is 5.69 Å². The van der Waals surface area contributed by atoms with Gasteiger partial charge in [0.25, 0.3) is 0 Å². The first-order valence-electron chi connectivity index (χ1n) is 6.58. The van der Waals surface area contributed by atoms with Crippen LogP contribution in [0, 0.1) is 0 Å². The van der Waals surface area contributed by atoms with Crippen LogP contribution in [0.3, 0.4) is 0 Å². The monoisotopic (exact) mass is 341 g/mol. The van der Waals surface area contributed by atoms with Crippen LogP contribution < -0.4 is 4.72 Å². The van der Waals surface area contributed by atoms with Gasteiger partial charge in [-0.2, -0.15) is 0 Å². The molecule has 0 bridgehead atoms. The fraction of sp³-hybridized carbons (Fsp3) is 0.308. The molecule has 8 heteroatoms. The standard InChI is InChI=1S/C13H15N3O2S3/c1-2-11-3-4-12(20-11)21(17,18)14-6-5-10-9-16-7-8-19-13(16)15-10/h3-4,7-9,14H,2,5-6H2,1H3. The number of aromatic nitrogens is 2. The molecule has 0 saturated heterocycles. The van der Waals surface area contributed by atoms with E-state index in [0.717, 1.165) is 22.0 Å². The van der Waals surface area contributed by atoms with Gasteiger partial charge in [0.2, 0.25) is 10.0 Å². The van der Waals surface area contributed by atoms with Gasteiger partial charge < -0.3 is 0 Å². The topological polar surface area (TPSA) is 63.5 Å². The van der Waals surface area contributed by atoms with Gasteiger partial charge in [-0.05, 0) is 18.6 Å². The third-order valence-electron chi connectivity index (χ3n) is 3.07. The second-order valence-electron chi connectivity index (χ2n) is 4.55. The van der Waals surface area contributed by atoms with Crippen LogP contribution in [-0.2, 0) is 22.9 Å². The molecule has 0 atom stereocenters. The molecule has 0 spiro atoms. The van der Waals surface area contributed by atoms with Crippen LogP contribution in [0.2, 0.25) is 0 Å². The fourth-order valence-corrected chi connectivity index (χ4v) is 5.06. The summed E-state index contributed by atoms with van der Waals surface area (Å²) in [5.74, 6) is 0. The van der Waals surface area contributed by atoms with Crippen molar-refractivity contribution in [3.63, 3.8) is 0 Å². The van der Waals surface area contributed by atoms with Crippen molar-refractivity contribution in [1.29, 1.82) is 0 Å². The van der Waals surface area contributed by atoms with Crippen LogP contribution in [0.15, 0.2) is 34.1 Å². The molecule has 3 rings (SSSR count). The number of nitrogens with zero attached hydrogens (tertiary/aromatic N) is 2. The predicted molar refractivity (Wildman–Crippen MR) is 85.7 cm³/mol. The minimum absolute atomic E-state index is 0.354. The summed E-state index contributed by atoms with van der Waals surface area (Å²) in [4.78, 5) is 6.43. The van der Waals surface area contributed by atoms with Crippen molar-refractivity contribution in [2.45, 2.75) is 24.0 Å². The van der Waals surface area contributed by atoms with E-state index in [1.807, 2.05) is 35.2 Å². The summed E-state index contributed by atoms with van der Waals surface area (Å²) in [7, 11) is -3.40. The van der Waals surface area contributed by atoms with Crippen LogP contribution in [0.1, 0.15) is 17.5 Å². The third kappa shape index (κ3) is 3.18. The molecule has 0 unspecified atom stereocenters. The van der Waals surface area contributed by atoms with Crippen molar-refractivity contribution in [2.24, 2.45) is 0 Å². The van der Waals surface area contributed by atoms with Crippen molar-refractivity contribution in [1.82, 2.24) is 14.1 Å². The Bertz CT molecular complexity index is 816. The largest absolute Gasteiger partial charge is 0.297 e. The minimum atomic E-state index is -3.40. The average molecular weight is 341 g/mol. The molecule has 0 fully saturated rings. The maximum Gasteiger partial charge on any atom is 0.250 e. The van der Waals surface area contributed by atoms with E-state index in [9.17, 15) is 8.42 Å². The summed E-state index contributed by atoms with van der Waals surface area (Å²) in [6.45, 7) is 2.37. The maximum atomic E-state index is 12.1. The number of thiophene rings is 1. The first kappa shape index (κ1) is 14.7. The van der Waals surface area contributed by atoms with Gasteiger partial charge in [0.15, 0.2) is 4.96 Å². The van der Waals surface area contributed by atoms with E-state index >= 15 is 0 Å². The van der Waals surface area contributed by atoms with Gasteiger partial charge in [0, 0.05) is 35.6 Å². The number of hydrogen-bond acceptors (Lipinski definition) is 5. The second-order valence-corrected chi connectivity index (χ2v) is 8.58. The van der Waals surface area contributed by atoms with Crippen LogP contribution >= 0.6 is 22.7 Å². The Hall–Kier alpha value is -1.22. The molecular weight excluding hydrogens is 326 g/mol. The predicted octanol–water partition coefficient (Wildman–Crippen LogP) is 2.54. The van der Waals surface area contributed by atoms with E-state index in [0.29, 0.717) is 17.2 Å². The zero-order valence-corrected chi connectivity index (χ0v) is 13.9. The summed E-state index contributed by atoms with van der Waals surface area (Å²) in [5, 5.41) is 1.97. The molecule has 1 N–H and O–H groups in total. The fourth-order valence-electron chi connectivity index (χ4n) is 1.97. The average Bonchev–Trinajstić information content (AvgIpc) is 3.13. The minimum Gasteiger partial charge on any atom is -0.297 e. The van der Waals surface area contributed by atoms with Gasteiger partial charge in [-0.15, -0.1) is 22.7 Å². The number of nitrogens with one attached hydrogen (secondary N) is 1. The van der Waals surface area contributed by atoms with Gasteiger partial charge >= 0.3 is 0 Å². The normalized spacial score (nSPS) is 12.2. The third-order valence-corrected chi connectivity index (χ3v) is 7.02. The molecule has 3 aromatic heterocycles. The molecule has 0 amide bonds. The van der Waals surface area contributed by atoms with Crippen LogP contribution in [0.25, 0.3) is 4.96 Å². The molecule has 0 aliphatic carbocycles. The van der Waals surface area contributed by atoms with Gasteiger partial charge in [-0.3, -0.25) is 4.40 Å². The highest BCUT2D eigenvalue weighted by atomic mass is 32.2. The van der Waals surface area contributed by atoms with Gasteiger partial charge in [-0.25, -0.2) is 18.1 Å². The summed E-state index contributed by atoms with van der Waals surface area (Å²) < 4.78 is 29.3. The summed E-state index contributed by atoms with van der Waals surface area (Å²) in [6, 6.07) is 3.53. The molecule has 5 nitrogen and oxygen atoms in total. The number of imidazole rings is 1. The van der Waals surface area contributed by atoms with E-state index in [-0.39, 0.29) is 0 Å². The van der Waals surface area contributed by atoms with Gasteiger partial charge in [-0.1, -0.05) is 6.92 Å². The van der Waals surface area contributed by atoms with E-state index in [2.05, 4.69) is 9.71 Å². The molecule has 3 heterocycles. The molecule has 0 aliphatic rings. The number of thiazole rings is 1. The summed E-state index contributed by atoms with van der Waals surface area (Å²) >= 11 is 2.89. The lowest BCUT2D eigenvalue weighted by Gasteiger charge is -2.03. The molecule has 112 valence electrons. The number of fused-ring (bicyclic) bond motifs is 1. The number of aryl methyl sites for hydroxylation is 1. The zero-order valence-electron chi connectivity index (χ0n) is 11.4. The highest BCUT2D eigenvalue weighted by molar-refractivity contribution is 7.91. The number of rotatable bonds is 6. The highest BCUT2D eigenvalue weighted by Gasteiger charge is 2.16. The van der Waals surface area contributed by atoms with Crippen LogP contribution in [-0.4, -0.2) is 24.3 Å². The van der Waals surface area contributed by atoms with Crippen molar-refractivity contribution in [3.05, 3.63) is 40.5 Å². The quantitative estimate of drug-likeness (QED) is 0.749. The van der Waals surface area contributed by atoms with E-state index < -0.39 is 10.0 Å². The SMILES string of the molecule is CCc1ccc(S(=O)(=O)NCCc2cn3ccsc3n2)s1. The van der Waals surface area contributed by atoms with E-state index in [4.69, 9.17) is 0 Å². The molecule has 21 heavy (non-hydrogen) atoms. The molecule has 3 aromatic rings. The van der Waals surface area contributed by atoms with E-state index in [1.165, 1.54) is 11.3 Å².